The molecule has 6 heteroatoms. The number of hydrogen-bond donors (Lipinski definition) is 1. The predicted molar refractivity (Wildman–Crippen MR) is 82.5 cm³/mol. The molecule has 0 unspecified atom stereocenters. The van der Waals surface area contributed by atoms with Crippen molar-refractivity contribution in [3.05, 3.63) is 23.3 Å². The standard InChI is InChI=1S/C16H25NO5/c1-12(2)6-5-7-13(3)10-11-21-17-15(19)8-9-16(20)22-14(4)18/h6,10H,5,7-9,11H2,1-4H3,(H,17,19)/b13-10+. The highest BCUT2D eigenvalue weighted by molar-refractivity contribution is 5.86. The molecule has 0 saturated heterocycles. The molecule has 1 N–H and O–H groups in total. The summed E-state index contributed by atoms with van der Waals surface area (Å²) < 4.78 is 4.30. The minimum atomic E-state index is -0.724. The smallest absolute Gasteiger partial charge is 0.313 e. The summed E-state index contributed by atoms with van der Waals surface area (Å²) in [5.41, 5.74) is 4.70. The summed E-state index contributed by atoms with van der Waals surface area (Å²) in [5, 5.41) is 0. The van der Waals surface area contributed by atoms with Crippen molar-refractivity contribution in [2.75, 3.05) is 6.61 Å². The lowest BCUT2D eigenvalue weighted by Crippen LogP contribution is -2.24. The van der Waals surface area contributed by atoms with Crippen LogP contribution in [0, 0.1) is 0 Å². The molecule has 0 aliphatic rings. The van der Waals surface area contributed by atoms with Crippen LogP contribution in [-0.4, -0.2) is 24.5 Å². The van der Waals surface area contributed by atoms with Gasteiger partial charge in [-0.2, -0.15) is 0 Å². The van der Waals surface area contributed by atoms with E-state index in [-0.39, 0.29) is 19.4 Å². The van der Waals surface area contributed by atoms with E-state index in [4.69, 9.17) is 4.84 Å². The largest absolute Gasteiger partial charge is 0.393 e. The maximum Gasteiger partial charge on any atom is 0.313 e. The van der Waals surface area contributed by atoms with Crippen LogP contribution in [0.2, 0.25) is 0 Å². The lowest BCUT2D eigenvalue weighted by atomic mass is 10.1. The first-order valence-electron chi connectivity index (χ1n) is 7.22. The Bertz CT molecular complexity index is 447. The number of esters is 2. The molecule has 0 rings (SSSR count). The molecule has 0 spiro atoms. The number of amides is 1. The maximum absolute atomic E-state index is 11.4. The molecule has 124 valence electrons. The van der Waals surface area contributed by atoms with E-state index in [9.17, 15) is 14.4 Å². The Morgan fingerprint density at radius 2 is 1.64 bits per heavy atom. The van der Waals surface area contributed by atoms with Gasteiger partial charge < -0.3 is 4.74 Å². The van der Waals surface area contributed by atoms with Crippen LogP contribution >= 0.6 is 0 Å². The van der Waals surface area contributed by atoms with Gasteiger partial charge in [-0.1, -0.05) is 23.3 Å². The van der Waals surface area contributed by atoms with Crippen molar-refractivity contribution in [2.24, 2.45) is 0 Å². The number of carbonyl (C=O) groups excluding carboxylic acids is 3. The van der Waals surface area contributed by atoms with Crippen LogP contribution in [0.1, 0.15) is 53.4 Å². The molecule has 1 amide bonds. The van der Waals surface area contributed by atoms with Gasteiger partial charge >= 0.3 is 11.9 Å². The fourth-order valence-electron chi connectivity index (χ4n) is 1.47. The lowest BCUT2D eigenvalue weighted by molar-refractivity contribution is -0.159. The van der Waals surface area contributed by atoms with Crippen LogP contribution < -0.4 is 5.48 Å². The molecule has 0 aliphatic carbocycles. The van der Waals surface area contributed by atoms with Crippen molar-refractivity contribution in [2.45, 2.75) is 53.4 Å². The van der Waals surface area contributed by atoms with E-state index < -0.39 is 17.8 Å². The molecule has 22 heavy (non-hydrogen) atoms. The maximum atomic E-state index is 11.4. The average molecular weight is 311 g/mol. The number of nitrogens with one attached hydrogen (secondary N) is 1. The van der Waals surface area contributed by atoms with Crippen LogP contribution in [0.25, 0.3) is 0 Å². The third-order valence-corrected chi connectivity index (χ3v) is 2.61. The van der Waals surface area contributed by atoms with Gasteiger partial charge in [0.15, 0.2) is 0 Å². The number of hydroxylamine groups is 1. The third-order valence-electron chi connectivity index (χ3n) is 2.61. The molecule has 0 aromatic heterocycles. The highest BCUT2D eigenvalue weighted by Gasteiger charge is 2.09. The molecular weight excluding hydrogens is 286 g/mol. The monoisotopic (exact) mass is 311 g/mol. The molecule has 0 aliphatic heterocycles. The van der Waals surface area contributed by atoms with Crippen molar-refractivity contribution in [1.82, 2.24) is 5.48 Å². The number of carbonyl (C=O) groups is 3. The topological polar surface area (TPSA) is 81.7 Å². The van der Waals surface area contributed by atoms with Gasteiger partial charge in [0.25, 0.3) is 0 Å². The zero-order chi connectivity index (χ0) is 17.0. The van der Waals surface area contributed by atoms with E-state index in [0.29, 0.717) is 0 Å². The molecule has 0 fully saturated rings. The van der Waals surface area contributed by atoms with Crippen LogP contribution in [-0.2, 0) is 24.0 Å². The molecular formula is C16H25NO5. The van der Waals surface area contributed by atoms with Gasteiger partial charge in [-0.25, -0.2) is 5.48 Å². The molecule has 0 aromatic carbocycles. The zero-order valence-electron chi connectivity index (χ0n) is 13.7. The normalized spacial score (nSPS) is 10.8. The fraction of sp³-hybridized carbons (Fsp3) is 0.562. The first kappa shape index (κ1) is 20.1. The van der Waals surface area contributed by atoms with Gasteiger partial charge in [0, 0.05) is 13.3 Å². The third kappa shape index (κ3) is 13.1. The molecule has 6 nitrogen and oxygen atoms in total. The second-order valence-corrected chi connectivity index (χ2v) is 5.17. The highest BCUT2D eigenvalue weighted by atomic mass is 16.6. The summed E-state index contributed by atoms with van der Waals surface area (Å²) in [4.78, 5) is 37.9. The Balaban J connectivity index is 3.77. The molecule has 0 saturated carbocycles. The second kappa shape index (κ2) is 11.7. The van der Waals surface area contributed by atoms with Gasteiger partial charge in [0.05, 0.1) is 13.0 Å². The van der Waals surface area contributed by atoms with Gasteiger partial charge in [0.1, 0.15) is 0 Å². The van der Waals surface area contributed by atoms with E-state index in [1.807, 2.05) is 13.0 Å². The van der Waals surface area contributed by atoms with Crippen molar-refractivity contribution >= 4 is 17.8 Å². The van der Waals surface area contributed by atoms with Gasteiger partial charge in [-0.15, -0.1) is 0 Å². The van der Waals surface area contributed by atoms with Gasteiger partial charge in [0.2, 0.25) is 5.91 Å². The van der Waals surface area contributed by atoms with E-state index in [0.717, 1.165) is 19.8 Å². The summed E-state index contributed by atoms with van der Waals surface area (Å²) in [5.74, 6) is -1.84. The van der Waals surface area contributed by atoms with Crippen molar-refractivity contribution in [3.63, 3.8) is 0 Å². The Morgan fingerprint density at radius 3 is 2.23 bits per heavy atom. The second-order valence-electron chi connectivity index (χ2n) is 5.17. The Hall–Kier alpha value is -1.95. The van der Waals surface area contributed by atoms with Crippen LogP contribution in [0.15, 0.2) is 23.3 Å². The molecule has 0 atom stereocenters. The van der Waals surface area contributed by atoms with Gasteiger partial charge in [-0.05, 0) is 33.6 Å². The van der Waals surface area contributed by atoms with E-state index >= 15 is 0 Å². The summed E-state index contributed by atoms with van der Waals surface area (Å²) >= 11 is 0. The van der Waals surface area contributed by atoms with Gasteiger partial charge in [-0.3, -0.25) is 19.2 Å². The summed E-state index contributed by atoms with van der Waals surface area (Å²) in [7, 11) is 0. The number of rotatable bonds is 9. The average Bonchev–Trinajstić information content (AvgIpc) is 2.40. The number of allylic oxidation sites excluding steroid dienone is 3. The molecule has 0 heterocycles. The van der Waals surface area contributed by atoms with E-state index in [2.05, 4.69) is 30.1 Å². The Morgan fingerprint density at radius 1 is 0.955 bits per heavy atom. The Kier molecular flexibility index (Phi) is 10.6. The van der Waals surface area contributed by atoms with Crippen LogP contribution in [0.3, 0.4) is 0 Å². The molecule has 0 radical (unpaired) electrons. The van der Waals surface area contributed by atoms with Crippen molar-refractivity contribution in [3.8, 4) is 0 Å². The Labute approximate surface area is 131 Å². The van der Waals surface area contributed by atoms with Crippen molar-refractivity contribution in [1.29, 1.82) is 0 Å². The summed E-state index contributed by atoms with van der Waals surface area (Å²) in [6.45, 7) is 7.52. The van der Waals surface area contributed by atoms with Crippen LogP contribution in [0.5, 0.6) is 0 Å². The highest BCUT2D eigenvalue weighted by Crippen LogP contribution is 2.06. The minimum absolute atomic E-state index is 0.0879. The quantitative estimate of drug-likeness (QED) is 0.233. The van der Waals surface area contributed by atoms with Crippen LogP contribution in [0.4, 0.5) is 0 Å². The van der Waals surface area contributed by atoms with Crippen molar-refractivity contribution < 1.29 is 24.0 Å². The predicted octanol–water partition coefficient (Wildman–Crippen LogP) is 2.60. The van der Waals surface area contributed by atoms with E-state index in [1.165, 1.54) is 11.1 Å². The summed E-state index contributed by atoms with van der Waals surface area (Å²) in [6.07, 6.45) is 5.74. The first-order chi connectivity index (χ1) is 10.3. The lowest BCUT2D eigenvalue weighted by Gasteiger charge is -2.04. The zero-order valence-corrected chi connectivity index (χ0v) is 13.7. The molecule has 0 aromatic rings. The number of hydrogen-bond acceptors (Lipinski definition) is 5. The molecule has 0 bridgehead atoms. The van der Waals surface area contributed by atoms with E-state index in [1.54, 1.807) is 0 Å². The summed E-state index contributed by atoms with van der Waals surface area (Å²) in [6, 6.07) is 0. The first-order valence-corrected chi connectivity index (χ1v) is 7.22. The SMILES string of the molecule is CC(=O)OC(=O)CCC(=O)NOC/C=C(\C)CCC=C(C)C. The fourth-order valence-corrected chi connectivity index (χ4v) is 1.47. The number of ether oxygens (including phenoxy) is 1. The minimum Gasteiger partial charge on any atom is -0.393 e.